The number of hydrogen-bond donors (Lipinski definition) is 1. The van der Waals surface area contributed by atoms with Gasteiger partial charge >= 0.3 is 0 Å². The van der Waals surface area contributed by atoms with Gasteiger partial charge in [-0.25, -0.2) is 0 Å². The van der Waals surface area contributed by atoms with Crippen LogP contribution in [0, 0.1) is 5.41 Å². The molecule has 80 valence electrons. The molecule has 1 aliphatic rings. The summed E-state index contributed by atoms with van der Waals surface area (Å²) in [6.45, 7) is 4.00. The number of nitrogens with one attached hydrogen (secondary N) is 1. The maximum atomic E-state index is 11.8. The van der Waals surface area contributed by atoms with E-state index in [4.69, 9.17) is 16.3 Å². The van der Waals surface area contributed by atoms with Crippen molar-refractivity contribution in [2.75, 3.05) is 11.9 Å². The molecule has 0 saturated heterocycles. The van der Waals surface area contributed by atoms with Crippen molar-refractivity contribution in [3.8, 4) is 5.75 Å². The zero-order valence-electron chi connectivity index (χ0n) is 8.63. The molecule has 0 fully saturated rings. The van der Waals surface area contributed by atoms with E-state index in [-0.39, 0.29) is 5.91 Å². The molecule has 1 amide bonds. The van der Waals surface area contributed by atoms with E-state index < -0.39 is 5.41 Å². The van der Waals surface area contributed by atoms with Crippen LogP contribution in [0.5, 0.6) is 5.75 Å². The van der Waals surface area contributed by atoms with E-state index in [1.165, 1.54) is 0 Å². The first-order valence-electron chi connectivity index (χ1n) is 4.73. The maximum Gasteiger partial charge on any atom is 0.233 e. The maximum absolute atomic E-state index is 11.8. The van der Waals surface area contributed by atoms with Gasteiger partial charge in [-0.3, -0.25) is 4.79 Å². The Balaban J connectivity index is 2.44. The summed E-state index contributed by atoms with van der Waals surface area (Å²) in [4.78, 5) is 11.8. The second-order valence-electron chi connectivity index (χ2n) is 4.24. The number of carbonyl (C=O) groups is 1. The molecule has 1 aromatic carbocycles. The molecule has 0 unspecified atom stereocenters. The fourth-order valence-corrected chi connectivity index (χ4v) is 1.59. The summed E-state index contributed by atoms with van der Waals surface area (Å²) in [5.74, 6) is 0.501. The average Bonchev–Trinajstić information content (AvgIpc) is 2.26. The highest BCUT2D eigenvalue weighted by Gasteiger charge is 2.32. The van der Waals surface area contributed by atoms with Gasteiger partial charge in [0.1, 0.15) is 6.61 Å². The number of hydrogen-bond acceptors (Lipinski definition) is 2. The predicted molar refractivity (Wildman–Crippen MR) is 59.4 cm³/mol. The van der Waals surface area contributed by atoms with Crippen molar-refractivity contribution >= 4 is 23.2 Å². The Labute approximate surface area is 93.4 Å². The van der Waals surface area contributed by atoms with E-state index in [0.717, 1.165) is 0 Å². The lowest BCUT2D eigenvalue weighted by atomic mass is 9.94. The van der Waals surface area contributed by atoms with Crippen LogP contribution in [0.4, 0.5) is 5.69 Å². The van der Waals surface area contributed by atoms with Gasteiger partial charge in [-0.2, -0.15) is 0 Å². The van der Waals surface area contributed by atoms with Crippen molar-refractivity contribution < 1.29 is 9.53 Å². The first-order chi connectivity index (χ1) is 7.00. The fourth-order valence-electron chi connectivity index (χ4n) is 1.36. The van der Waals surface area contributed by atoms with E-state index in [1.54, 1.807) is 18.2 Å². The van der Waals surface area contributed by atoms with Crippen LogP contribution >= 0.6 is 11.6 Å². The number of rotatable bonds is 0. The molecule has 0 spiro atoms. The second-order valence-corrected chi connectivity index (χ2v) is 4.65. The molecule has 15 heavy (non-hydrogen) atoms. The third-order valence-electron chi connectivity index (χ3n) is 2.41. The number of amides is 1. The molecule has 0 aromatic heterocycles. The Morgan fingerprint density at radius 2 is 2.20 bits per heavy atom. The minimum absolute atomic E-state index is 0.0523. The molecule has 0 atom stereocenters. The molecule has 1 aromatic rings. The molecule has 2 rings (SSSR count). The van der Waals surface area contributed by atoms with Crippen LogP contribution in [0.15, 0.2) is 18.2 Å². The summed E-state index contributed by atoms with van der Waals surface area (Å²) in [7, 11) is 0. The summed E-state index contributed by atoms with van der Waals surface area (Å²) in [5, 5.41) is 3.32. The van der Waals surface area contributed by atoms with Crippen LogP contribution in [0.1, 0.15) is 13.8 Å². The van der Waals surface area contributed by atoms with Gasteiger partial charge in [0.15, 0.2) is 5.75 Å². The van der Waals surface area contributed by atoms with Crippen LogP contribution in [-0.4, -0.2) is 12.5 Å². The smallest absolute Gasteiger partial charge is 0.233 e. The van der Waals surface area contributed by atoms with Crippen molar-refractivity contribution in [3.05, 3.63) is 23.2 Å². The standard InChI is InChI=1S/C11H12ClNO2/c1-11(2)6-15-9-7(12)4-3-5-8(9)13-10(11)14/h3-5H,6H2,1-2H3,(H,13,14). The summed E-state index contributed by atoms with van der Waals surface area (Å²) < 4.78 is 5.55. The highest BCUT2D eigenvalue weighted by atomic mass is 35.5. The molecule has 0 radical (unpaired) electrons. The summed E-state index contributed by atoms with van der Waals surface area (Å²) in [6.07, 6.45) is 0. The number of benzene rings is 1. The lowest BCUT2D eigenvalue weighted by molar-refractivity contribution is -0.124. The van der Waals surface area contributed by atoms with Gasteiger partial charge in [-0.05, 0) is 26.0 Å². The Morgan fingerprint density at radius 1 is 1.47 bits per heavy atom. The van der Waals surface area contributed by atoms with Crippen LogP contribution in [0.3, 0.4) is 0 Å². The minimum atomic E-state index is -0.539. The van der Waals surface area contributed by atoms with Crippen LogP contribution in [-0.2, 0) is 4.79 Å². The van der Waals surface area contributed by atoms with Gasteiger partial charge in [0.05, 0.1) is 16.1 Å². The van der Waals surface area contributed by atoms with Crippen LogP contribution in [0.25, 0.3) is 0 Å². The first-order valence-corrected chi connectivity index (χ1v) is 5.11. The Hall–Kier alpha value is -1.22. The Bertz CT molecular complexity index is 415. The first kappa shape index (κ1) is 10.3. The van der Waals surface area contributed by atoms with E-state index >= 15 is 0 Å². The zero-order chi connectivity index (χ0) is 11.1. The lowest BCUT2D eigenvalue weighted by Gasteiger charge is -2.18. The van der Waals surface area contributed by atoms with E-state index in [0.29, 0.717) is 23.1 Å². The van der Waals surface area contributed by atoms with E-state index in [9.17, 15) is 4.79 Å². The molecular weight excluding hydrogens is 214 g/mol. The van der Waals surface area contributed by atoms with Crippen molar-refractivity contribution in [3.63, 3.8) is 0 Å². The van der Waals surface area contributed by atoms with Gasteiger partial charge in [-0.15, -0.1) is 0 Å². The molecular formula is C11H12ClNO2. The quantitative estimate of drug-likeness (QED) is 0.737. The highest BCUT2D eigenvalue weighted by molar-refractivity contribution is 6.32. The molecule has 1 aliphatic heterocycles. The van der Waals surface area contributed by atoms with Crippen molar-refractivity contribution in [2.45, 2.75) is 13.8 Å². The Kier molecular flexibility index (Phi) is 2.35. The van der Waals surface area contributed by atoms with E-state index in [1.807, 2.05) is 13.8 Å². The molecule has 0 saturated carbocycles. The Morgan fingerprint density at radius 3 is 2.93 bits per heavy atom. The van der Waals surface area contributed by atoms with Gasteiger partial charge < -0.3 is 10.1 Å². The molecule has 0 bridgehead atoms. The molecule has 3 nitrogen and oxygen atoms in total. The largest absolute Gasteiger partial charge is 0.489 e. The number of anilines is 1. The molecule has 1 heterocycles. The second kappa shape index (κ2) is 3.42. The number of para-hydroxylation sites is 1. The monoisotopic (exact) mass is 225 g/mol. The summed E-state index contributed by atoms with van der Waals surface area (Å²) in [5.41, 5.74) is 0.0978. The predicted octanol–water partition coefficient (Wildman–Crippen LogP) is 2.70. The van der Waals surface area contributed by atoms with E-state index in [2.05, 4.69) is 5.32 Å². The van der Waals surface area contributed by atoms with Crippen molar-refractivity contribution in [1.82, 2.24) is 0 Å². The SMILES string of the molecule is CC1(C)COc2c(Cl)cccc2NC1=O. The number of fused-ring (bicyclic) bond motifs is 1. The highest BCUT2D eigenvalue weighted by Crippen LogP contribution is 2.37. The van der Waals surface area contributed by atoms with Crippen LogP contribution < -0.4 is 10.1 Å². The minimum Gasteiger partial charge on any atom is -0.489 e. The van der Waals surface area contributed by atoms with Crippen molar-refractivity contribution in [2.24, 2.45) is 5.41 Å². The van der Waals surface area contributed by atoms with Crippen LogP contribution in [0.2, 0.25) is 5.02 Å². The molecule has 4 heteroatoms. The lowest BCUT2D eigenvalue weighted by Crippen LogP contribution is -2.33. The molecule has 0 aliphatic carbocycles. The van der Waals surface area contributed by atoms with Gasteiger partial charge in [0.25, 0.3) is 0 Å². The zero-order valence-corrected chi connectivity index (χ0v) is 9.39. The number of ether oxygens (including phenoxy) is 1. The fraction of sp³-hybridized carbons (Fsp3) is 0.364. The van der Waals surface area contributed by atoms with Crippen molar-refractivity contribution in [1.29, 1.82) is 0 Å². The topological polar surface area (TPSA) is 38.3 Å². The number of halogens is 1. The van der Waals surface area contributed by atoms with Gasteiger partial charge in [0.2, 0.25) is 5.91 Å². The average molecular weight is 226 g/mol. The third-order valence-corrected chi connectivity index (χ3v) is 2.70. The normalized spacial score (nSPS) is 18.5. The molecule has 1 N–H and O–H groups in total. The summed E-state index contributed by atoms with van der Waals surface area (Å²) in [6, 6.07) is 5.30. The number of carbonyl (C=O) groups excluding carboxylic acids is 1. The van der Waals surface area contributed by atoms with Gasteiger partial charge in [0, 0.05) is 0 Å². The third kappa shape index (κ3) is 1.79. The summed E-state index contributed by atoms with van der Waals surface area (Å²) >= 11 is 5.98. The van der Waals surface area contributed by atoms with Gasteiger partial charge in [-0.1, -0.05) is 17.7 Å².